The lowest BCUT2D eigenvalue weighted by Gasteiger charge is -1.92. The molecule has 0 aliphatic carbocycles. The molecule has 86 valence electrons. The lowest BCUT2D eigenvalue weighted by molar-refractivity contribution is 0.0996. The van der Waals surface area contributed by atoms with Crippen LogP contribution in [0.2, 0.25) is 0 Å². The summed E-state index contributed by atoms with van der Waals surface area (Å²) in [6, 6.07) is 3.51. The molecule has 1 amide bonds. The number of thiazole rings is 1. The van der Waals surface area contributed by atoms with Gasteiger partial charge in [-0.2, -0.15) is 0 Å². The van der Waals surface area contributed by atoms with Crippen molar-refractivity contribution in [2.24, 2.45) is 11.5 Å². The van der Waals surface area contributed by atoms with Crippen molar-refractivity contribution >= 4 is 23.1 Å². The molecule has 0 aliphatic rings. The molecule has 0 unspecified atom stereocenters. The van der Waals surface area contributed by atoms with Gasteiger partial charge in [0.25, 0.3) is 5.91 Å². The van der Waals surface area contributed by atoms with E-state index in [0.717, 1.165) is 16.9 Å². The summed E-state index contributed by atoms with van der Waals surface area (Å²) in [6.07, 6.45) is 3.24. The fraction of sp³-hybridized carbons (Fsp3) is 0. The monoisotopic (exact) mass is 247 g/mol. The number of nitrogens with one attached hydrogen (secondary N) is 1. The first-order chi connectivity index (χ1) is 8.09. The molecule has 2 aromatic rings. The van der Waals surface area contributed by atoms with Crippen LogP contribution in [0.15, 0.2) is 24.5 Å². The Hall–Kier alpha value is -2.28. The number of hydrogen-bond donors (Lipinski definition) is 3. The van der Waals surface area contributed by atoms with Gasteiger partial charge in [-0.3, -0.25) is 15.2 Å². The predicted octanol–water partition coefficient (Wildman–Crippen LogP) is 0.588. The number of pyridine rings is 1. The summed E-state index contributed by atoms with van der Waals surface area (Å²) in [7, 11) is 0. The Bertz CT molecular complexity index is 546. The topological polar surface area (TPSA) is 119 Å². The Morgan fingerprint density at radius 1 is 1.29 bits per heavy atom. The molecule has 0 spiro atoms. The molecular weight excluding hydrogens is 238 g/mol. The van der Waals surface area contributed by atoms with Gasteiger partial charge in [-0.15, -0.1) is 11.3 Å². The van der Waals surface area contributed by atoms with Crippen molar-refractivity contribution in [3.8, 4) is 10.6 Å². The van der Waals surface area contributed by atoms with Crippen LogP contribution in [0.5, 0.6) is 0 Å². The maximum atomic E-state index is 11.2. The number of carbonyl (C=O) groups is 1. The van der Waals surface area contributed by atoms with E-state index in [2.05, 4.69) is 9.97 Å². The molecule has 2 rings (SSSR count). The maximum absolute atomic E-state index is 11.2. The summed E-state index contributed by atoms with van der Waals surface area (Å²) in [5, 5.41) is 7.96. The van der Waals surface area contributed by atoms with Gasteiger partial charge < -0.3 is 11.5 Å². The second kappa shape index (κ2) is 4.30. The SMILES string of the molecule is N=C(N)c1sc(-c2ccncc2)nc1C(N)=O. The number of aromatic nitrogens is 2. The summed E-state index contributed by atoms with van der Waals surface area (Å²) in [5.41, 5.74) is 11.4. The van der Waals surface area contributed by atoms with Crippen LogP contribution in [-0.2, 0) is 0 Å². The number of hydrogen-bond acceptors (Lipinski definition) is 5. The zero-order valence-electron chi connectivity index (χ0n) is 8.68. The van der Waals surface area contributed by atoms with Gasteiger partial charge in [0.15, 0.2) is 5.69 Å². The zero-order chi connectivity index (χ0) is 12.4. The van der Waals surface area contributed by atoms with E-state index in [9.17, 15) is 4.79 Å². The van der Waals surface area contributed by atoms with Gasteiger partial charge in [0.2, 0.25) is 0 Å². The number of nitrogens with two attached hydrogens (primary N) is 2. The van der Waals surface area contributed by atoms with Crippen LogP contribution in [0.4, 0.5) is 0 Å². The van der Waals surface area contributed by atoms with Crippen LogP contribution in [0.1, 0.15) is 15.4 Å². The molecule has 0 saturated heterocycles. The van der Waals surface area contributed by atoms with E-state index < -0.39 is 5.91 Å². The van der Waals surface area contributed by atoms with Gasteiger partial charge in [-0.25, -0.2) is 4.98 Å². The number of nitrogens with zero attached hydrogens (tertiary/aromatic N) is 2. The number of nitrogen functional groups attached to an aromatic ring is 1. The number of amidine groups is 1. The Kier molecular flexibility index (Phi) is 2.84. The number of rotatable bonds is 3. The third-order valence-corrected chi connectivity index (χ3v) is 3.17. The molecule has 5 N–H and O–H groups in total. The van der Waals surface area contributed by atoms with Crippen molar-refractivity contribution < 1.29 is 4.79 Å². The van der Waals surface area contributed by atoms with Crippen molar-refractivity contribution in [2.45, 2.75) is 0 Å². The Labute approximate surface area is 101 Å². The van der Waals surface area contributed by atoms with Crippen molar-refractivity contribution in [2.75, 3.05) is 0 Å². The van der Waals surface area contributed by atoms with E-state index in [0.29, 0.717) is 9.88 Å². The molecule has 0 atom stereocenters. The van der Waals surface area contributed by atoms with Gasteiger partial charge in [0.05, 0.1) is 0 Å². The summed E-state index contributed by atoms with van der Waals surface area (Å²) in [5.74, 6) is -0.900. The maximum Gasteiger partial charge on any atom is 0.268 e. The van der Waals surface area contributed by atoms with Crippen LogP contribution in [0.3, 0.4) is 0 Å². The molecular formula is C10H9N5OS. The van der Waals surface area contributed by atoms with Crippen molar-refractivity contribution in [3.05, 3.63) is 35.1 Å². The van der Waals surface area contributed by atoms with E-state index in [1.807, 2.05) is 0 Å². The second-order valence-electron chi connectivity index (χ2n) is 3.21. The van der Waals surface area contributed by atoms with Gasteiger partial charge in [-0.1, -0.05) is 0 Å². The van der Waals surface area contributed by atoms with E-state index >= 15 is 0 Å². The second-order valence-corrected chi connectivity index (χ2v) is 4.21. The first-order valence-electron chi connectivity index (χ1n) is 4.65. The van der Waals surface area contributed by atoms with Gasteiger partial charge in [-0.05, 0) is 12.1 Å². The van der Waals surface area contributed by atoms with Gasteiger partial charge in [0.1, 0.15) is 15.7 Å². The van der Waals surface area contributed by atoms with E-state index in [1.54, 1.807) is 24.5 Å². The highest BCUT2D eigenvalue weighted by Gasteiger charge is 2.18. The number of primary amides is 1. The largest absolute Gasteiger partial charge is 0.383 e. The Morgan fingerprint density at radius 2 is 1.94 bits per heavy atom. The summed E-state index contributed by atoms with van der Waals surface area (Å²) < 4.78 is 0. The fourth-order valence-corrected chi connectivity index (χ4v) is 2.22. The standard InChI is InChI=1S/C10H9N5OS/c11-8(12)7-6(9(13)16)15-10(17-7)5-1-3-14-4-2-5/h1-4H,(H3,11,12)(H2,13,16). The summed E-state index contributed by atoms with van der Waals surface area (Å²) in [4.78, 5) is 19.5. The highest BCUT2D eigenvalue weighted by atomic mass is 32.1. The van der Waals surface area contributed by atoms with Crippen LogP contribution in [0, 0.1) is 5.41 Å². The first-order valence-corrected chi connectivity index (χ1v) is 5.46. The molecule has 0 saturated carbocycles. The normalized spacial score (nSPS) is 10.1. The van der Waals surface area contributed by atoms with Crippen molar-refractivity contribution in [1.29, 1.82) is 5.41 Å². The number of amides is 1. The molecule has 2 aromatic heterocycles. The third-order valence-electron chi connectivity index (χ3n) is 2.03. The average Bonchev–Trinajstić information content (AvgIpc) is 2.75. The minimum atomic E-state index is -0.688. The highest BCUT2D eigenvalue weighted by molar-refractivity contribution is 7.17. The summed E-state index contributed by atoms with van der Waals surface area (Å²) >= 11 is 1.16. The van der Waals surface area contributed by atoms with Crippen LogP contribution in [-0.4, -0.2) is 21.7 Å². The molecule has 2 heterocycles. The molecule has 0 bridgehead atoms. The molecule has 7 heteroatoms. The van der Waals surface area contributed by atoms with E-state index in [-0.39, 0.29) is 11.5 Å². The predicted molar refractivity (Wildman–Crippen MR) is 64.9 cm³/mol. The molecule has 0 fully saturated rings. The minimum absolute atomic E-state index is 0.0364. The first kappa shape index (κ1) is 11.2. The molecule has 6 nitrogen and oxygen atoms in total. The fourth-order valence-electron chi connectivity index (χ4n) is 1.29. The molecule has 17 heavy (non-hydrogen) atoms. The summed E-state index contributed by atoms with van der Waals surface area (Å²) in [6.45, 7) is 0. The molecule has 0 aliphatic heterocycles. The third kappa shape index (κ3) is 2.13. The van der Waals surface area contributed by atoms with Crippen LogP contribution in [0.25, 0.3) is 10.6 Å². The lowest BCUT2D eigenvalue weighted by atomic mass is 10.3. The van der Waals surface area contributed by atoms with Crippen LogP contribution < -0.4 is 11.5 Å². The Morgan fingerprint density at radius 3 is 2.41 bits per heavy atom. The average molecular weight is 247 g/mol. The quantitative estimate of drug-likeness (QED) is 0.543. The molecule has 0 radical (unpaired) electrons. The Balaban J connectivity index is 2.55. The number of carbonyl (C=O) groups excluding carboxylic acids is 1. The zero-order valence-corrected chi connectivity index (χ0v) is 9.49. The van der Waals surface area contributed by atoms with Gasteiger partial charge in [0, 0.05) is 18.0 Å². The van der Waals surface area contributed by atoms with Crippen LogP contribution >= 0.6 is 11.3 Å². The smallest absolute Gasteiger partial charge is 0.268 e. The van der Waals surface area contributed by atoms with Crippen molar-refractivity contribution in [3.63, 3.8) is 0 Å². The van der Waals surface area contributed by atoms with E-state index in [1.165, 1.54) is 0 Å². The van der Waals surface area contributed by atoms with E-state index in [4.69, 9.17) is 16.9 Å². The minimum Gasteiger partial charge on any atom is -0.383 e. The van der Waals surface area contributed by atoms with Gasteiger partial charge >= 0.3 is 0 Å². The van der Waals surface area contributed by atoms with Crippen molar-refractivity contribution in [1.82, 2.24) is 9.97 Å². The lowest BCUT2D eigenvalue weighted by Crippen LogP contribution is -2.19. The highest BCUT2D eigenvalue weighted by Crippen LogP contribution is 2.27. The molecule has 0 aromatic carbocycles.